The maximum absolute atomic E-state index is 5.61. The molecule has 1 aliphatic heterocycles. The molecule has 1 aliphatic rings. The van der Waals surface area contributed by atoms with Crippen LogP contribution in [0.5, 0.6) is 0 Å². The summed E-state index contributed by atoms with van der Waals surface area (Å²) in [6.45, 7) is 10.7. The summed E-state index contributed by atoms with van der Waals surface area (Å²) in [5.74, 6) is 1.51. The van der Waals surface area contributed by atoms with Crippen molar-refractivity contribution in [2.24, 2.45) is 10.9 Å². The van der Waals surface area contributed by atoms with Crippen molar-refractivity contribution in [3.63, 3.8) is 0 Å². The molecule has 0 radical (unpaired) electrons. The molecule has 5 heteroatoms. The molecule has 1 fully saturated rings. The number of hydrogen-bond acceptors (Lipinski definition) is 2. The van der Waals surface area contributed by atoms with Crippen LogP contribution in [0.2, 0.25) is 0 Å². The summed E-state index contributed by atoms with van der Waals surface area (Å²) in [4.78, 5) is 4.91. The number of guanidine groups is 1. The molecule has 1 heterocycles. The first-order chi connectivity index (χ1) is 11.6. The van der Waals surface area contributed by atoms with Gasteiger partial charge in [-0.2, -0.15) is 0 Å². The predicted molar refractivity (Wildman–Crippen MR) is 105 cm³/mol. The Hall–Kier alpha value is -1.07. The highest BCUT2D eigenvalue weighted by Crippen LogP contribution is 2.35. The van der Waals surface area contributed by atoms with E-state index in [1.54, 1.807) is 0 Å². The van der Waals surface area contributed by atoms with Crippen LogP contribution < -0.4 is 10.6 Å². The van der Waals surface area contributed by atoms with Crippen LogP contribution in [0.3, 0.4) is 0 Å². The molecule has 134 valence electrons. The summed E-state index contributed by atoms with van der Waals surface area (Å²) < 4.78 is 6.73. The molecule has 2 N–H and O–H groups in total. The van der Waals surface area contributed by atoms with E-state index in [0.717, 1.165) is 56.1 Å². The molecule has 4 nitrogen and oxygen atoms in total. The molecule has 0 amide bonds. The van der Waals surface area contributed by atoms with Crippen LogP contribution in [0.15, 0.2) is 33.7 Å². The highest BCUT2D eigenvalue weighted by atomic mass is 79.9. The molecular weight excluding hydrogens is 366 g/mol. The lowest BCUT2D eigenvalue weighted by Crippen LogP contribution is -2.42. The lowest BCUT2D eigenvalue weighted by Gasteiger charge is -2.36. The Bertz CT molecular complexity index is 522. The van der Waals surface area contributed by atoms with Crippen LogP contribution >= 0.6 is 15.9 Å². The second-order valence-electron chi connectivity index (χ2n) is 6.87. The second kappa shape index (κ2) is 9.42. The lowest BCUT2D eigenvalue weighted by atomic mass is 9.74. The molecule has 0 unspecified atom stereocenters. The maximum Gasteiger partial charge on any atom is 0.191 e. The van der Waals surface area contributed by atoms with Gasteiger partial charge in [-0.05, 0) is 43.4 Å². The van der Waals surface area contributed by atoms with Crippen LogP contribution in [0.1, 0.15) is 39.2 Å². The number of hydrogen-bond donors (Lipinski definition) is 2. The van der Waals surface area contributed by atoms with Gasteiger partial charge >= 0.3 is 0 Å². The number of nitrogens with zero attached hydrogens (tertiary/aromatic N) is 1. The monoisotopic (exact) mass is 395 g/mol. The lowest BCUT2D eigenvalue weighted by molar-refractivity contribution is 0.0531. The summed E-state index contributed by atoms with van der Waals surface area (Å²) in [6.07, 6.45) is 2.03. The Morgan fingerprint density at radius 1 is 1.21 bits per heavy atom. The van der Waals surface area contributed by atoms with Gasteiger partial charge in [0, 0.05) is 36.2 Å². The molecule has 0 aliphatic carbocycles. The van der Waals surface area contributed by atoms with E-state index >= 15 is 0 Å². The maximum atomic E-state index is 5.61. The van der Waals surface area contributed by atoms with Crippen LogP contribution in [-0.4, -0.2) is 38.8 Å². The molecule has 1 aromatic rings. The molecule has 1 aromatic carbocycles. The van der Waals surface area contributed by atoms with Gasteiger partial charge in [-0.25, -0.2) is 0 Å². The fraction of sp³-hybridized carbons (Fsp3) is 0.632. The second-order valence-corrected chi connectivity index (χ2v) is 7.79. The summed E-state index contributed by atoms with van der Waals surface area (Å²) >= 11 is 3.53. The van der Waals surface area contributed by atoms with E-state index in [4.69, 9.17) is 9.73 Å². The average Bonchev–Trinajstić information content (AvgIpc) is 2.58. The number of ether oxygens (including phenoxy) is 1. The molecule has 0 aromatic heterocycles. The van der Waals surface area contributed by atoms with Crippen molar-refractivity contribution >= 4 is 21.9 Å². The van der Waals surface area contributed by atoms with Crippen LogP contribution in [0.4, 0.5) is 0 Å². The Balaban J connectivity index is 2.17. The number of rotatable bonds is 6. The van der Waals surface area contributed by atoms with E-state index in [2.05, 4.69) is 71.6 Å². The van der Waals surface area contributed by atoms with Gasteiger partial charge in [0.05, 0.1) is 6.54 Å². The van der Waals surface area contributed by atoms with Crippen molar-refractivity contribution in [1.82, 2.24) is 10.6 Å². The topological polar surface area (TPSA) is 45.7 Å². The van der Waals surface area contributed by atoms with Gasteiger partial charge in [-0.1, -0.05) is 41.9 Å². The fourth-order valence-corrected chi connectivity index (χ4v) is 3.24. The molecule has 1 saturated heterocycles. The molecule has 0 bridgehead atoms. The Labute approximate surface area is 154 Å². The smallest absolute Gasteiger partial charge is 0.191 e. The molecule has 0 saturated carbocycles. The fourth-order valence-electron chi connectivity index (χ4n) is 2.98. The first-order valence-electron chi connectivity index (χ1n) is 8.92. The SMILES string of the molecule is CCNC(=NCC1(c2ccc(Br)cc2)CCOCC1)NCC(C)C. The third-order valence-corrected chi connectivity index (χ3v) is 5.00. The van der Waals surface area contributed by atoms with Gasteiger partial charge in [0.25, 0.3) is 0 Å². The zero-order valence-electron chi connectivity index (χ0n) is 15.1. The molecule has 0 atom stereocenters. The normalized spacial score (nSPS) is 17.8. The quantitative estimate of drug-likeness (QED) is 0.569. The van der Waals surface area contributed by atoms with Crippen LogP contribution in [0.25, 0.3) is 0 Å². The van der Waals surface area contributed by atoms with Gasteiger partial charge in [0.2, 0.25) is 0 Å². The molecular formula is C19H30BrN3O. The zero-order chi connectivity index (χ0) is 17.4. The summed E-state index contributed by atoms with van der Waals surface area (Å²) in [5.41, 5.74) is 1.43. The van der Waals surface area contributed by atoms with Crippen molar-refractivity contribution in [1.29, 1.82) is 0 Å². The standard InChI is InChI=1S/C19H30BrN3O/c1-4-21-18(22-13-15(2)3)23-14-19(9-11-24-12-10-19)16-5-7-17(20)8-6-16/h5-8,15H,4,9-14H2,1-3H3,(H2,21,22,23). The number of halogens is 1. The van der Waals surface area contributed by atoms with E-state index in [-0.39, 0.29) is 5.41 Å². The number of nitrogens with one attached hydrogen (secondary N) is 2. The number of aliphatic imine (C=N–C) groups is 1. The minimum Gasteiger partial charge on any atom is -0.381 e. The van der Waals surface area contributed by atoms with E-state index in [0.29, 0.717) is 5.92 Å². The van der Waals surface area contributed by atoms with Gasteiger partial charge in [-0.3, -0.25) is 4.99 Å². The third-order valence-electron chi connectivity index (χ3n) is 4.47. The van der Waals surface area contributed by atoms with Gasteiger partial charge in [-0.15, -0.1) is 0 Å². The zero-order valence-corrected chi connectivity index (χ0v) is 16.7. The first-order valence-corrected chi connectivity index (χ1v) is 9.71. The van der Waals surface area contributed by atoms with Gasteiger partial charge in [0.1, 0.15) is 0 Å². The Kier molecular flexibility index (Phi) is 7.56. The number of benzene rings is 1. The van der Waals surface area contributed by atoms with Crippen molar-refractivity contribution in [2.75, 3.05) is 32.8 Å². The van der Waals surface area contributed by atoms with Crippen molar-refractivity contribution in [2.45, 2.75) is 39.0 Å². The van der Waals surface area contributed by atoms with Crippen molar-refractivity contribution in [3.8, 4) is 0 Å². The molecule has 2 rings (SSSR count). The minimum absolute atomic E-state index is 0.0686. The Morgan fingerprint density at radius 3 is 2.46 bits per heavy atom. The molecule has 24 heavy (non-hydrogen) atoms. The minimum atomic E-state index is 0.0686. The van der Waals surface area contributed by atoms with E-state index in [1.807, 2.05) is 0 Å². The highest BCUT2D eigenvalue weighted by molar-refractivity contribution is 9.10. The predicted octanol–water partition coefficient (Wildman–Crippen LogP) is 3.71. The Morgan fingerprint density at radius 2 is 1.88 bits per heavy atom. The summed E-state index contributed by atoms with van der Waals surface area (Å²) in [7, 11) is 0. The summed E-state index contributed by atoms with van der Waals surface area (Å²) in [5, 5.41) is 6.79. The van der Waals surface area contributed by atoms with Crippen LogP contribution in [-0.2, 0) is 10.2 Å². The van der Waals surface area contributed by atoms with E-state index < -0.39 is 0 Å². The van der Waals surface area contributed by atoms with Gasteiger partial charge in [0.15, 0.2) is 5.96 Å². The molecule has 0 spiro atoms. The van der Waals surface area contributed by atoms with E-state index in [1.165, 1.54) is 5.56 Å². The van der Waals surface area contributed by atoms with E-state index in [9.17, 15) is 0 Å². The largest absolute Gasteiger partial charge is 0.381 e. The highest BCUT2D eigenvalue weighted by Gasteiger charge is 2.34. The summed E-state index contributed by atoms with van der Waals surface area (Å²) in [6, 6.07) is 8.69. The van der Waals surface area contributed by atoms with Gasteiger partial charge < -0.3 is 15.4 Å². The van der Waals surface area contributed by atoms with Crippen molar-refractivity contribution < 1.29 is 4.74 Å². The average molecular weight is 396 g/mol. The third kappa shape index (κ3) is 5.49. The van der Waals surface area contributed by atoms with Crippen molar-refractivity contribution in [3.05, 3.63) is 34.3 Å². The first kappa shape index (κ1) is 19.3. The van der Waals surface area contributed by atoms with Crippen LogP contribution in [0, 0.1) is 5.92 Å².